The number of hydrogen-bond donors (Lipinski definition) is 3. The molecule has 1 aromatic heterocycles. The molecule has 1 saturated heterocycles. The van der Waals surface area contributed by atoms with Crippen molar-refractivity contribution in [1.29, 1.82) is 0 Å². The van der Waals surface area contributed by atoms with Crippen LogP contribution in [-0.2, 0) is 29.1 Å². The zero-order valence-electron chi connectivity index (χ0n) is 28.2. The van der Waals surface area contributed by atoms with Crippen molar-refractivity contribution in [2.45, 2.75) is 93.8 Å². The fourth-order valence-corrected chi connectivity index (χ4v) is 7.80. The number of nitrogens with one attached hydrogen (secondary N) is 3. The van der Waals surface area contributed by atoms with E-state index < -0.39 is 87.4 Å². The summed E-state index contributed by atoms with van der Waals surface area (Å²) in [5.41, 5.74) is -1.59. The molecule has 3 aliphatic carbocycles. The number of methoxy groups -OCH3 is 1. The summed E-state index contributed by atoms with van der Waals surface area (Å²) in [4.78, 5) is 56.8. The van der Waals surface area contributed by atoms with Crippen LogP contribution in [0.15, 0.2) is 36.4 Å². The Kier molecular flexibility index (Phi) is 10.0. The second-order valence-electron chi connectivity index (χ2n) is 13.7. The van der Waals surface area contributed by atoms with Crippen LogP contribution in [0, 0.1) is 11.8 Å². The van der Waals surface area contributed by atoms with Crippen molar-refractivity contribution in [3.63, 3.8) is 0 Å². The zero-order chi connectivity index (χ0) is 36.7. The van der Waals surface area contributed by atoms with E-state index in [-0.39, 0.29) is 24.9 Å². The fraction of sp³-hybridized carbons (Fsp3) is 0.594. The minimum Gasteiger partial charge on any atom is -0.497 e. The summed E-state index contributed by atoms with van der Waals surface area (Å²) in [6, 6.07) is 3.64. The molecule has 3 N–H and O–H groups in total. The third-order valence-corrected chi connectivity index (χ3v) is 11.5. The number of carbonyl (C=O) groups is 4. The lowest BCUT2D eigenvalue weighted by Crippen LogP contribution is -2.59. The minimum atomic E-state index is -4.12. The molecule has 2 aromatic rings. The van der Waals surface area contributed by atoms with Crippen LogP contribution in [0.2, 0.25) is 0 Å². The van der Waals surface area contributed by atoms with E-state index in [1.807, 2.05) is 16.9 Å². The molecular formula is C32H40F2N8O8S. The van der Waals surface area contributed by atoms with Gasteiger partial charge >= 0.3 is 6.09 Å². The largest absolute Gasteiger partial charge is 0.497 e. The van der Waals surface area contributed by atoms with Gasteiger partial charge in [0.1, 0.15) is 29.5 Å². The molecule has 1 aromatic carbocycles. The Morgan fingerprint density at radius 2 is 1.75 bits per heavy atom. The summed E-state index contributed by atoms with van der Waals surface area (Å²) in [5, 5.41) is 16.9. The first kappa shape index (κ1) is 36.1. The molecule has 1 unspecified atom stereocenters. The van der Waals surface area contributed by atoms with Gasteiger partial charge in [-0.1, -0.05) is 26.0 Å². The molecule has 16 nitrogen and oxygen atoms in total. The summed E-state index contributed by atoms with van der Waals surface area (Å²) in [7, 11) is -2.59. The van der Waals surface area contributed by atoms with Gasteiger partial charge < -0.3 is 25.0 Å². The Morgan fingerprint density at radius 3 is 2.33 bits per heavy atom. The summed E-state index contributed by atoms with van der Waals surface area (Å²) in [6.45, 7) is 3.24. The molecule has 1 aliphatic heterocycles. The van der Waals surface area contributed by atoms with Crippen LogP contribution in [0.4, 0.5) is 13.6 Å². The van der Waals surface area contributed by atoms with Crippen LogP contribution in [-0.4, -0.2) is 106 Å². The monoisotopic (exact) mass is 734 g/mol. The molecule has 4 amide bonds. The molecule has 19 heteroatoms. The average Bonchev–Trinajstić information content (AvgIpc) is 3.87. The number of likely N-dealkylation sites (tertiary alicyclic amines) is 1. The van der Waals surface area contributed by atoms with Gasteiger partial charge in [-0.3, -0.25) is 19.1 Å². The number of sulfonamides is 1. The lowest BCUT2D eigenvalue weighted by atomic mass is 10.0. The molecular weight excluding hydrogens is 694 g/mol. The molecule has 0 spiro atoms. The normalized spacial score (nSPS) is 25.2. The standard InChI is InChI=1S/C32H40F2N8O8S/c1-17(2)25(35-31(46)50-21-6-4-5-7-21)29(44)41-16-19(42-38-27(37-40-42)18-8-10-20(49-3)11-9-18)14-24(41)28(43)36-32(15-23(32)26(33)34)30(45)39-51(47,48)22-12-13-22/h4-5,8-11,17,19,21-26H,6-7,12-16H2,1-3H3,(H,35,46)(H,36,43)(H,39,45)/t19-,23+,24?,25+,32-/m1/s1. The van der Waals surface area contributed by atoms with Gasteiger partial charge in [-0.15, -0.1) is 10.2 Å². The summed E-state index contributed by atoms with van der Waals surface area (Å²) >= 11 is 0. The summed E-state index contributed by atoms with van der Waals surface area (Å²) < 4.78 is 65.6. The molecule has 6 rings (SSSR count). The van der Waals surface area contributed by atoms with Crippen molar-refractivity contribution in [1.82, 2.24) is 40.5 Å². The highest BCUT2D eigenvalue weighted by Gasteiger charge is 2.66. The number of halogens is 2. The van der Waals surface area contributed by atoms with Crippen LogP contribution in [0.1, 0.15) is 58.4 Å². The predicted molar refractivity (Wildman–Crippen MR) is 174 cm³/mol. The molecule has 51 heavy (non-hydrogen) atoms. The Balaban J connectivity index is 1.25. The first-order valence-corrected chi connectivity index (χ1v) is 18.3. The second-order valence-corrected chi connectivity index (χ2v) is 15.6. The molecule has 0 radical (unpaired) electrons. The number of alkyl halides is 2. The van der Waals surface area contributed by atoms with Crippen LogP contribution in [0.5, 0.6) is 5.75 Å². The van der Waals surface area contributed by atoms with E-state index in [1.165, 1.54) is 16.8 Å². The van der Waals surface area contributed by atoms with E-state index in [9.17, 15) is 36.4 Å². The number of amides is 4. The van der Waals surface area contributed by atoms with Gasteiger partial charge in [-0.05, 0) is 54.7 Å². The highest BCUT2D eigenvalue weighted by Crippen LogP contribution is 2.48. The van der Waals surface area contributed by atoms with Gasteiger partial charge in [0.15, 0.2) is 0 Å². The van der Waals surface area contributed by atoms with Gasteiger partial charge in [0, 0.05) is 31.4 Å². The van der Waals surface area contributed by atoms with E-state index in [0.717, 1.165) is 0 Å². The van der Waals surface area contributed by atoms with Gasteiger partial charge in [-0.25, -0.2) is 22.0 Å². The average molecular weight is 735 g/mol. The van der Waals surface area contributed by atoms with E-state index in [2.05, 4.69) is 26.0 Å². The van der Waals surface area contributed by atoms with E-state index in [0.29, 0.717) is 37.0 Å². The third kappa shape index (κ3) is 7.67. The van der Waals surface area contributed by atoms with Crippen LogP contribution >= 0.6 is 0 Å². The Bertz CT molecular complexity index is 1790. The van der Waals surface area contributed by atoms with E-state index >= 15 is 0 Å². The predicted octanol–water partition coefficient (Wildman–Crippen LogP) is 1.71. The highest BCUT2D eigenvalue weighted by molar-refractivity contribution is 7.91. The number of nitrogens with zero attached hydrogens (tertiary/aromatic N) is 5. The molecule has 2 heterocycles. The van der Waals surface area contributed by atoms with Crippen molar-refractivity contribution in [3.8, 4) is 17.1 Å². The number of benzene rings is 1. The van der Waals surface area contributed by atoms with Gasteiger partial charge in [-0.2, -0.15) is 4.80 Å². The maximum Gasteiger partial charge on any atom is 0.408 e. The summed E-state index contributed by atoms with van der Waals surface area (Å²) in [5.74, 6) is -4.13. The number of carbonyl (C=O) groups excluding carboxylic acids is 4. The van der Waals surface area contributed by atoms with Gasteiger partial charge in [0.2, 0.25) is 34.1 Å². The quantitative estimate of drug-likeness (QED) is 0.253. The van der Waals surface area contributed by atoms with Crippen molar-refractivity contribution in [3.05, 3.63) is 36.4 Å². The molecule has 5 atom stereocenters. The Labute approximate surface area is 292 Å². The number of alkyl carbamates (subject to hydrolysis) is 1. The third-order valence-electron chi connectivity index (χ3n) is 9.68. The van der Waals surface area contributed by atoms with Crippen LogP contribution in [0.25, 0.3) is 11.4 Å². The first-order chi connectivity index (χ1) is 24.2. The molecule has 0 bridgehead atoms. The van der Waals surface area contributed by atoms with Crippen molar-refractivity contribution in [2.24, 2.45) is 11.8 Å². The topological polar surface area (TPSA) is 204 Å². The first-order valence-electron chi connectivity index (χ1n) is 16.7. The lowest BCUT2D eigenvalue weighted by Gasteiger charge is -2.31. The maximum atomic E-state index is 14.2. The smallest absolute Gasteiger partial charge is 0.408 e. The number of hydrogen-bond acceptors (Lipinski definition) is 11. The van der Waals surface area contributed by atoms with Crippen LogP contribution < -0.4 is 20.1 Å². The van der Waals surface area contributed by atoms with Gasteiger partial charge in [0.25, 0.3) is 5.91 Å². The summed E-state index contributed by atoms with van der Waals surface area (Å²) in [6.07, 6.45) is 0.614. The maximum absolute atomic E-state index is 14.2. The molecule has 2 saturated carbocycles. The number of ether oxygens (including phenoxy) is 2. The van der Waals surface area contributed by atoms with Crippen molar-refractivity contribution in [2.75, 3.05) is 13.7 Å². The van der Waals surface area contributed by atoms with Crippen molar-refractivity contribution < 1.29 is 45.9 Å². The van der Waals surface area contributed by atoms with E-state index in [1.54, 1.807) is 38.1 Å². The number of aromatic nitrogens is 4. The Hall–Kier alpha value is -4.68. The molecule has 3 fully saturated rings. The van der Waals surface area contributed by atoms with Gasteiger partial charge in [0.05, 0.1) is 24.3 Å². The minimum absolute atomic E-state index is 0.115. The SMILES string of the molecule is COc1ccc(-c2nnn([C@@H]3CC(C(=O)N[C@]4(C(=O)NS(=O)(=O)C5CC5)C[C@H]4C(F)F)N(C(=O)[C@@H](NC(=O)OC4CC=CC4)C(C)C)C3)n2)cc1. The lowest BCUT2D eigenvalue weighted by molar-refractivity contribution is -0.142. The van der Waals surface area contributed by atoms with Crippen molar-refractivity contribution >= 4 is 33.8 Å². The van der Waals surface area contributed by atoms with Crippen LogP contribution in [0.3, 0.4) is 0 Å². The highest BCUT2D eigenvalue weighted by atomic mass is 32.2. The zero-order valence-corrected chi connectivity index (χ0v) is 29.0. The fourth-order valence-electron chi connectivity index (χ4n) is 6.44. The number of tetrazole rings is 1. The number of rotatable bonds is 13. The Morgan fingerprint density at radius 1 is 1.06 bits per heavy atom. The molecule has 4 aliphatic rings. The molecule has 276 valence electrons. The second kappa shape index (κ2) is 14.1. The van der Waals surface area contributed by atoms with E-state index in [4.69, 9.17) is 9.47 Å².